The molecule has 94 valence electrons. The smallest absolute Gasteiger partial charge is 0.514 e. The minimum Gasteiger partial charge on any atom is -0.514 e. The van der Waals surface area contributed by atoms with Crippen LogP contribution in [0.25, 0.3) is 0 Å². The molecule has 0 saturated heterocycles. The molecule has 2 nitrogen and oxygen atoms in total. The van der Waals surface area contributed by atoms with Gasteiger partial charge in [0.1, 0.15) is 0 Å². The van der Waals surface area contributed by atoms with Crippen LogP contribution in [0.15, 0.2) is 65.4 Å². The molecule has 0 aliphatic carbocycles. The Kier molecular flexibility index (Phi) is 3.86. The van der Waals surface area contributed by atoms with Crippen molar-refractivity contribution in [3.63, 3.8) is 0 Å². The summed E-state index contributed by atoms with van der Waals surface area (Å²) in [4.78, 5) is 0. The number of hydrogen-bond donors (Lipinski definition) is 0. The third-order valence-corrected chi connectivity index (χ3v) is 4.02. The quantitative estimate of drug-likeness (QED) is 0.666. The second-order valence-corrected chi connectivity index (χ2v) is 5.66. The van der Waals surface area contributed by atoms with E-state index in [4.69, 9.17) is 9.31 Å². The van der Waals surface area contributed by atoms with Crippen molar-refractivity contribution in [1.82, 2.24) is 0 Å². The first-order valence-corrected chi connectivity index (χ1v) is 7.63. The lowest BCUT2D eigenvalue weighted by atomic mass is 9.79. The van der Waals surface area contributed by atoms with Gasteiger partial charge in [0.2, 0.25) is 0 Å². The van der Waals surface area contributed by atoms with Crippen molar-refractivity contribution in [1.29, 1.82) is 0 Å². The first-order chi connectivity index (χ1) is 9.42. The lowest BCUT2D eigenvalue weighted by Gasteiger charge is -2.14. The van der Waals surface area contributed by atoms with Gasteiger partial charge in [0, 0.05) is 5.46 Å². The van der Waals surface area contributed by atoms with Crippen LogP contribution < -0.4 is 14.8 Å². The normalized spacial score (nSPS) is 10.1. The molecule has 0 spiro atoms. The van der Waals surface area contributed by atoms with E-state index in [9.17, 15) is 0 Å². The molecule has 1 aromatic carbocycles. The molecule has 19 heavy (non-hydrogen) atoms. The van der Waals surface area contributed by atoms with E-state index < -0.39 is 7.12 Å². The van der Waals surface area contributed by atoms with Gasteiger partial charge in [-0.25, -0.2) is 0 Å². The van der Waals surface area contributed by atoms with Crippen LogP contribution >= 0.6 is 22.7 Å². The maximum absolute atomic E-state index is 5.92. The molecule has 0 radical (unpaired) electrons. The topological polar surface area (TPSA) is 18.5 Å². The highest BCUT2D eigenvalue weighted by Gasteiger charge is 2.26. The molecular weight excluding hydrogens is 275 g/mol. The third kappa shape index (κ3) is 3.19. The SMILES string of the molecule is c1ccc(B(Oc2cccs2)Oc2cccs2)cc1. The Hall–Kier alpha value is -1.72. The van der Waals surface area contributed by atoms with Gasteiger partial charge in [0.15, 0.2) is 10.1 Å². The third-order valence-electron chi connectivity index (χ3n) is 2.51. The first kappa shape index (κ1) is 12.3. The van der Waals surface area contributed by atoms with Crippen molar-refractivity contribution >= 4 is 35.3 Å². The Labute approximate surface area is 120 Å². The fourth-order valence-corrected chi connectivity index (χ4v) is 2.83. The highest BCUT2D eigenvalue weighted by molar-refractivity contribution is 7.12. The standard InChI is InChI=1S/C14H11BO2S2/c1-2-6-12(7-3-1)15(16-13-8-4-10-18-13)17-14-9-5-11-19-14/h1-11H. The van der Waals surface area contributed by atoms with Crippen molar-refractivity contribution < 1.29 is 9.31 Å². The molecule has 0 aliphatic rings. The Morgan fingerprint density at radius 2 is 1.26 bits per heavy atom. The molecule has 0 N–H and O–H groups in total. The summed E-state index contributed by atoms with van der Waals surface area (Å²) < 4.78 is 11.8. The van der Waals surface area contributed by atoms with Crippen molar-refractivity contribution in [2.45, 2.75) is 0 Å². The summed E-state index contributed by atoms with van der Waals surface area (Å²) in [7, 11) is -0.418. The number of hydrogen-bond acceptors (Lipinski definition) is 4. The molecule has 0 bridgehead atoms. The van der Waals surface area contributed by atoms with Gasteiger partial charge in [-0.2, -0.15) is 0 Å². The summed E-state index contributed by atoms with van der Waals surface area (Å²) in [6, 6.07) is 17.8. The first-order valence-electron chi connectivity index (χ1n) is 5.87. The van der Waals surface area contributed by atoms with E-state index in [0.29, 0.717) is 0 Å². The van der Waals surface area contributed by atoms with Crippen molar-refractivity contribution in [3.05, 3.63) is 65.4 Å². The monoisotopic (exact) mass is 286 g/mol. The predicted octanol–water partition coefficient (Wildman–Crippen LogP) is 3.66. The molecular formula is C14H11BO2S2. The lowest BCUT2D eigenvalue weighted by Crippen LogP contribution is -2.42. The van der Waals surface area contributed by atoms with Crippen LogP contribution in [0.5, 0.6) is 10.1 Å². The maximum atomic E-state index is 5.92. The van der Waals surface area contributed by atoms with Gasteiger partial charge in [-0.1, -0.05) is 30.3 Å². The number of rotatable bonds is 5. The molecule has 5 heteroatoms. The van der Waals surface area contributed by atoms with Crippen LogP contribution in [0.4, 0.5) is 0 Å². The largest absolute Gasteiger partial charge is 0.633 e. The van der Waals surface area contributed by atoms with E-state index >= 15 is 0 Å². The fraction of sp³-hybridized carbons (Fsp3) is 0. The van der Waals surface area contributed by atoms with E-state index in [1.165, 1.54) is 0 Å². The molecule has 0 amide bonds. The Balaban J connectivity index is 1.83. The lowest BCUT2D eigenvalue weighted by molar-refractivity contribution is 0.453. The van der Waals surface area contributed by atoms with Gasteiger partial charge in [-0.15, -0.1) is 22.7 Å². The molecule has 0 unspecified atom stereocenters. The Morgan fingerprint density at radius 1 is 0.684 bits per heavy atom. The molecule has 2 aromatic heterocycles. The Bertz CT molecular complexity index is 557. The van der Waals surface area contributed by atoms with Crippen molar-refractivity contribution in [2.75, 3.05) is 0 Å². The van der Waals surface area contributed by atoms with Gasteiger partial charge in [0.05, 0.1) is 0 Å². The van der Waals surface area contributed by atoms with E-state index in [-0.39, 0.29) is 0 Å². The predicted molar refractivity (Wildman–Crippen MR) is 81.7 cm³/mol. The van der Waals surface area contributed by atoms with Crippen LogP contribution in [0.3, 0.4) is 0 Å². The molecule has 0 atom stereocenters. The van der Waals surface area contributed by atoms with Gasteiger partial charge in [0.25, 0.3) is 0 Å². The number of thiophene rings is 2. The summed E-state index contributed by atoms with van der Waals surface area (Å²) in [5, 5.41) is 5.68. The van der Waals surface area contributed by atoms with E-state index in [0.717, 1.165) is 15.6 Å². The minimum atomic E-state index is -0.418. The highest BCUT2D eigenvalue weighted by atomic mass is 32.1. The summed E-state index contributed by atoms with van der Waals surface area (Å²) >= 11 is 3.12. The summed E-state index contributed by atoms with van der Waals surface area (Å²) in [5.74, 6) is 0. The van der Waals surface area contributed by atoms with Crippen LogP contribution in [-0.4, -0.2) is 7.12 Å². The minimum absolute atomic E-state index is 0.418. The highest BCUT2D eigenvalue weighted by Crippen LogP contribution is 2.22. The zero-order valence-corrected chi connectivity index (χ0v) is 11.7. The maximum Gasteiger partial charge on any atom is 0.633 e. The van der Waals surface area contributed by atoms with Gasteiger partial charge in [-0.3, -0.25) is 0 Å². The average molecular weight is 286 g/mol. The van der Waals surface area contributed by atoms with Gasteiger partial charge >= 0.3 is 7.12 Å². The molecule has 3 aromatic rings. The zero-order valence-electron chi connectivity index (χ0n) is 10.1. The molecule has 3 rings (SSSR count). The van der Waals surface area contributed by atoms with E-state index in [2.05, 4.69) is 0 Å². The molecule has 2 heterocycles. The van der Waals surface area contributed by atoms with Crippen LogP contribution in [0.1, 0.15) is 0 Å². The summed E-state index contributed by atoms with van der Waals surface area (Å²) in [5.41, 5.74) is 1.00. The second kappa shape index (κ2) is 5.95. The average Bonchev–Trinajstić information content (AvgIpc) is 3.12. The van der Waals surface area contributed by atoms with Gasteiger partial charge in [-0.05, 0) is 35.0 Å². The van der Waals surface area contributed by atoms with Crippen LogP contribution in [0, 0.1) is 0 Å². The fourth-order valence-electron chi connectivity index (χ4n) is 1.64. The Morgan fingerprint density at radius 3 is 1.74 bits per heavy atom. The number of benzene rings is 1. The van der Waals surface area contributed by atoms with Gasteiger partial charge < -0.3 is 9.31 Å². The molecule has 0 saturated carbocycles. The van der Waals surface area contributed by atoms with E-state index in [1.807, 2.05) is 65.4 Å². The van der Waals surface area contributed by atoms with Crippen molar-refractivity contribution in [3.8, 4) is 10.1 Å². The van der Waals surface area contributed by atoms with Crippen LogP contribution in [0.2, 0.25) is 0 Å². The second-order valence-electron chi connectivity index (χ2n) is 3.84. The molecule has 0 fully saturated rings. The zero-order chi connectivity index (χ0) is 12.9. The summed E-state index contributed by atoms with van der Waals surface area (Å²) in [6.45, 7) is 0. The molecule has 0 aliphatic heterocycles. The van der Waals surface area contributed by atoms with E-state index in [1.54, 1.807) is 22.7 Å². The summed E-state index contributed by atoms with van der Waals surface area (Å²) in [6.07, 6.45) is 0. The van der Waals surface area contributed by atoms with Crippen molar-refractivity contribution in [2.24, 2.45) is 0 Å². The van der Waals surface area contributed by atoms with Crippen LogP contribution in [-0.2, 0) is 0 Å².